The first-order chi connectivity index (χ1) is 12.5. The highest BCUT2D eigenvalue weighted by Crippen LogP contribution is 2.35. The minimum Gasteiger partial charge on any atom is -0.302 e. The molecule has 26 heavy (non-hydrogen) atoms. The van der Waals surface area contributed by atoms with E-state index in [1.165, 1.54) is 24.2 Å². The molecule has 5 nitrogen and oxygen atoms in total. The van der Waals surface area contributed by atoms with E-state index in [-0.39, 0.29) is 5.82 Å². The van der Waals surface area contributed by atoms with Crippen LogP contribution in [0.15, 0.2) is 30.5 Å². The van der Waals surface area contributed by atoms with Crippen molar-refractivity contribution in [3.05, 3.63) is 53.1 Å². The van der Waals surface area contributed by atoms with Gasteiger partial charge in [0.1, 0.15) is 5.82 Å². The van der Waals surface area contributed by atoms with Gasteiger partial charge in [0.05, 0.1) is 23.4 Å². The molecule has 138 valence electrons. The van der Waals surface area contributed by atoms with Crippen molar-refractivity contribution in [2.45, 2.75) is 25.4 Å². The van der Waals surface area contributed by atoms with Crippen molar-refractivity contribution in [1.29, 1.82) is 5.26 Å². The first kappa shape index (κ1) is 18.6. The van der Waals surface area contributed by atoms with Gasteiger partial charge >= 0.3 is 0 Å². The lowest BCUT2D eigenvalue weighted by Gasteiger charge is -2.40. The molecule has 1 aliphatic heterocycles. The van der Waals surface area contributed by atoms with Gasteiger partial charge in [-0.2, -0.15) is 10.4 Å². The molecule has 0 amide bonds. The average Bonchev–Trinajstić information content (AvgIpc) is 3.02. The highest BCUT2D eigenvalue weighted by molar-refractivity contribution is 5.33. The number of likely N-dealkylation sites (tertiary alicyclic amines) is 1. The Morgan fingerprint density at radius 2 is 2.15 bits per heavy atom. The first-order valence-corrected chi connectivity index (χ1v) is 9.05. The molecular formula is C20H26FN5. The number of piperidine rings is 1. The van der Waals surface area contributed by atoms with Crippen molar-refractivity contribution in [3.8, 4) is 6.07 Å². The smallest absolute Gasteiger partial charge is 0.127 e. The predicted octanol–water partition coefficient (Wildman–Crippen LogP) is 2.95. The van der Waals surface area contributed by atoms with Gasteiger partial charge in [0.15, 0.2) is 0 Å². The van der Waals surface area contributed by atoms with Crippen LogP contribution in [-0.4, -0.2) is 46.8 Å². The number of benzene rings is 1. The Balaban J connectivity index is 1.74. The number of halogens is 1. The van der Waals surface area contributed by atoms with Crippen molar-refractivity contribution in [2.24, 2.45) is 13.0 Å². The molecule has 2 heterocycles. The third-order valence-corrected chi connectivity index (χ3v) is 5.33. The number of nitriles is 1. The molecule has 1 aromatic carbocycles. The Labute approximate surface area is 154 Å². The molecule has 2 atom stereocenters. The van der Waals surface area contributed by atoms with Crippen LogP contribution in [0.1, 0.15) is 35.7 Å². The molecule has 1 saturated heterocycles. The van der Waals surface area contributed by atoms with Gasteiger partial charge in [-0.25, -0.2) is 4.39 Å². The minimum absolute atomic E-state index is 0.250. The number of nitrogens with zero attached hydrogens (tertiary/aromatic N) is 5. The van der Waals surface area contributed by atoms with Crippen molar-refractivity contribution in [3.63, 3.8) is 0 Å². The van der Waals surface area contributed by atoms with Crippen LogP contribution in [0, 0.1) is 23.1 Å². The maximum absolute atomic E-state index is 14.1. The molecule has 0 spiro atoms. The fourth-order valence-corrected chi connectivity index (χ4v) is 4.11. The number of rotatable bonds is 5. The van der Waals surface area contributed by atoms with E-state index in [2.05, 4.69) is 34.1 Å². The van der Waals surface area contributed by atoms with Crippen molar-refractivity contribution in [1.82, 2.24) is 19.6 Å². The maximum atomic E-state index is 14.1. The number of aryl methyl sites for hydroxylation is 1. The summed E-state index contributed by atoms with van der Waals surface area (Å²) in [7, 11) is 6.18. The summed E-state index contributed by atoms with van der Waals surface area (Å²) in [4.78, 5) is 4.56. The van der Waals surface area contributed by atoms with E-state index in [4.69, 9.17) is 5.26 Å². The minimum atomic E-state index is -0.250. The molecular weight excluding hydrogens is 329 g/mol. The topological polar surface area (TPSA) is 48.1 Å². The second-order valence-electron chi connectivity index (χ2n) is 7.32. The summed E-state index contributed by atoms with van der Waals surface area (Å²) in [5.41, 5.74) is 2.30. The van der Waals surface area contributed by atoms with Gasteiger partial charge in [0.2, 0.25) is 0 Å². The van der Waals surface area contributed by atoms with Gasteiger partial charge in [-0.1, -0.05) is 0 Å². The molecule has 2 aromatic rings. The van der Waals surface area contributed by atoms with Gasteiger partial charge in [-0.3, -0.25) is 9.58 Å². The van der Waals surface area contributed by atoms with Crippen LogP contribution < -0.4 is 0 Å². The van der Waals surface area contributed by atoms with E-state index in [0.29, 0.717) is 29.6 Å². The zero-order valence-electron chi connectivity index (χ0n) is 15.7. The largest absolute Gasteiger partial charge is 0.302 e. The quantitative estimate of drug-likeness (QED) is 0.827. The molecule has 1 fully saturated rings. The first-order valence-electron chi connectivity index (χ1n) is 9.05. The second kappa shape index (κ2) is 7.98. The van der Waals surface area contributed by atoms with Crippen LogP contribution in [0.4, 0.5) is 4.39 Å². The van der Waals surface area contributed by atoms with E-state index in [1.807, 2.05) is 25.0 Å². The Kier molecular flexibility index (Phi) is 5.70. The Bertz CT molecular complexity index is 794. The van der Waals surface area contributed by atoms with Gasteiger partial charge < -0.3 is 4.90 Å². The van der Waals surface area contributed by atoms with Gasteiger partial charge in [-0.15, -0.1) is 0 Å². The summed E-state index contributed by atoms with van der Waals surface area (Å²) in [6, 6.07) is 9.05. The van der Waals surface area contributed by atoms with Crippen LogP contribution in [0.2, 0.25) is 0 Å². The number of hydrogen-bond donors (Lipinski definition) is 0. The lowest BCUT2D eigenvalue weighted by Crippen LogP contribution is -2.41. The lowest BCUT2D eigenvalue weighted by molar-refractivity contribution is 0.0870. The zero-order chi connectivity index (χ0) is 18.7. The van der Waals surface area contributed by atoms with Crippen LogP contribution in [0.5, 0.6) is 0 Å². The van der Waals surface area contributed by atoms with E-state index in [1.54, 1.807) is 6.07 Å². The predicted molar refractivity (Wildman–Crippen MR) is 98.8 cm³/mol. The van der Waals surface area contributed by atoms with Crippen LogP contribution >= 0.6 is 0 Å². The normalized spacial score (nSPS) is 21.1. The van der Waals surface area contributed by atoms with Crippen molar-refractivity contribution in [2.75, 3.05) is 27.2 Å². The summed E-state index contributed by atoms with van der Waals surface area (Å²) < 4.78 is 16.1. The molecule has 0 radical (unpaired) electrons. The van der Waals surface area contributed by atoms with Gasteiger partial charge in [-0.05, 0) is 63.7 Å². The van der Waals surface area contributed by atoms with Gasteiger partial charge in [0.25, 0.3) is 0 Å². The standard InChI is InChI=1S/C20H26FN5/c1-24(14-17-11-15(12-22)6-7-18(17)21)13-16-5-4-10-25(2)20(16)19-8-9-23-26(19)3/h6-9,11,16,20H,4-5,10,13-14H2,1-3H3/t16-,20+/m0/s1. The van der Waals surface area contributed by atoms with Gasteiger partial charge in [0, 0.05) is 31.9 Å². The SMILES string of the molecule is CN(Cc1cc(C#N)ccc1F)C[C@@H]1CCCN(C)[C@H]1c1ccnn1C. The second-order valence-corrected chi connectivity index (χ2v) is 7.32. The van der Waals surface area contributed by atoms with E-state index in [9.17, 15) is 4.39 Å². The third kappa shape index (κ3) is 3.95. The molecule has 0 saturated carbocycles. The number of aromatic nitrogens is 2. The van der Waals surface area contributed by atoms with E-state index < -0.39 is 0 Å². The molecule has 0 unspecified atom stereocenters. The van der Waals surface area contributed by atoms with Crippen LogP contribution in [0.25, 0.3) is 0 Å². The molecule has 6 heteroatoms. The Morgan fingerprint density at radius 1 is 1.35 bits per heavy atom. The fraction of sp³-hybridized carbons (Fsp3) is 0.500. The maximum Gasteiger partial charge on any atom is 0.127 e. The lowest BCUT2D eigenvalue weighted by atomic mass is 9.87. The summed E-state index contributed by atoms with van der Waals surface area (Å²) >= 11 is 0. The summed E-state index contributed by atoms with van der Waals surface area (Å²) in [5.74, 6) is 0.205. The third-order valence-electron chi connectivity index (χ3n) is 5.33. The molecule has 0 bridgehead atoms. The monoisotopic (exact) mass is 355 g/mol. The molecule has 0 N–H and O–H groups in total. The summed E-state index contributed by atoms with van der Waals surface area (Å²) in [6.07, 6.45) is 4.16. The molecule has 1 aliphatic rings. The van der Waals surface area contributed by atoms with Crippen LogP contribution in [0.3, 0.4) is 0 Å². The Morgan fingerprint density at radius 3 is 2.85 bits per heavy atom. The Hall–Kier alpha value is -2.23. The van der Waals surface area contributed by atoms with Crippen LogP contribution in [-0.2, 0) is 13.6 Å². The highest BCUT2D eigenvalue weighted by atomic mass is 19.1. The highest BCUT2D eigenvalue weighted by Gasteiger charge is 2.33. The molecule has 1 aromatic heterocycles. The summed E-state index contributed by atoms with van der Waals surface area (Å²) in [5, 5.41) is 13.4. The molecule has 3 rings (SSSR count). The van der Waals surface area contributed by atoms with E-state index in [0.717, 1.165) is 19.5 Å². The van der Waals surface area contributed by atoms with Crippen molar-refractivity contribution < 1.29 is 4.39 Å². The summed E-state index contributed by atoms with van der Waals surface area (Å²) in [6.45, 7) is 2.45. The van der Waals surface area contributed by atoms with Crippen molar-refractivity contribution >= 4 is 0 Å². The fourth-order valence-electron chi connectivity index (χ4n) is 4.11. The zero-order valence-corrected chi connectivity index (χ0v) is 15.7. The average molecular weight is 355 g/mol. The molecule has 0 aliphatic carbocycles. The van der Waals surface area contributed by atoms with E-state index >= 15 is 0 Å². The number of hydrogen-bond acceptors (Lipinski definition) is 4.